The van der Waals surface area contributed by atoms with Crippen LogP contribution in [0.1, 0.15) is 33.3 Å². The van der Waals surface area contributed by atoms with Gasteiger partial charge in [0, 0.05) is 18.5 Å². The van der Waals surface area contributed by atoms with Gasteiger partial charge in [0.15, 0.2) is 17.3 Å². The first-order valence-electron chi connectivity index (χ1n) is 9.61. The molecule has 2 N–H and O–H groups in total. The standard InChI is InChI=1S/C21H20F2N4O5/c1-10-15-16(11-6-7-12(32-21(22)23)14(9-11)30-3)17(20(29)25-18(15)27(2)26-10)24-19(28)13-5-4-8-31-13/h4-9,16-17,21H,1-3H3,(H,24,28)(H,25,29). The van der Waals surface area contributed by atoms with Crippen molar-refractivity contribution < 1.29 is 32.3 Å². The highest BCUT2D eigenvalue weighted by atomic mass is 19.3. The molecule has 0 saturated heterocycles. The van der Waals surface area contributed by atoms with Crippen LogP contribution >= 0.6 is 0 Å². The van der Waals surface area contributed by atoms with Crippen LogP contribution in [0, 0.1) is 6.92 Å². The minimum absolute atomic E-state index is 0.0449. The molecule has 3 heterocycles. The van der Waals surface area contributed by atoms with Crippen LogP contribution in [0.25, 0.3) is 0 Å². The number of furan rings is 1. The molecule has 0 spiro atoms. The summed E-state index contributed by atoms with van der Waals surface area (Å²) in [6.07, 6.45) is 1.35. The van der Waals surface area contributed by atoms with E-state index in [1.807, 2.05) is 0 Å². The molecule has 1 aromatic carbocycles. The van der Waals surface area contributed by atoms with E-state index in [0.717, 1.165) is 0 Å². The van der Waals surface area contributed by atoms with Gasteiger partial charge in [-0.15, -0.1) is 0 Å². The lowest BCUT2D eigenvalue weighted by Crippen LogP contribution is -2.50. The molecule has 168 valence electrons. The van der Waals surface area contributed by atoms with Crippen LogP contribution in [0.5, 0.6) is 11.5 Å². The number of fused-ring (bicyclic) bond motifs is 1. The van der Waals surface area contributed by atoms with Crippen LogP contribution in [-0.4, -0.2) is 41.4 Å². The Hall–Kier alpha value is -3.89. The molecule has 0 fully saturated rings. The molecule has 4 rings (SSSR count). The first kappa shape index (κ1) is 21.3. The molecule has 2 amide bonds. The summed E-state index contributed by atoms with van der Waals surface area (Å²) in [6, 6.07) is 6.39. The monoisotopic (exact) mass is 446 g/mol. The molecule has 0 radical (unpaired) electrons. The summed E-state index contributed by atoms with van der Waals surface area (Å²) in [4.78, 5) is 25.7. The lowest BCUT2D eigenvalue weighted by Gasteiger charge is -2.32. The van der Waals surface area contributed by atoms with Gasteiger partial charge in [-0.1, -0.05) is 6.07 Å². The smallest absolute Gasteiger partial charge is 0.387 e. The van der Waals surface area contributed by atoms with E-state index in [0.29, 0.717) is 22.6 Å². The number of hydrogen-bond donors (Lipinski definition) is 2. The molecule has 0 bridgehead atoms. The molecule has 2 atom stereocenters. The first-order valence-corrected chi connectivity index (χ1v) is 9.61. The molecule has 0 aliphatic carbocycles. The molecule has 1 aliphatic rings. The maximum absolute atomic E-state index is 13.0. The molecular formula is C21H20F2N4O5. The van der Waals surface area contributed by atoms with E-state index in [1.165, 1.54) is 36.3 Å². The van der Waals surface area contributed by atoms with Crippen molar-refractivity contribution in [1.29, 1.82) is 0 Å². The third kappa shape index (κ3) is 3.77. The van der Waals surface area contributed by atoms with Gasteiger partial charge in [0.1, 0.15) is 11.9 Å². The fourth-order valence-electron chi connectivity index (χ4n) is 3.91. The van der Waals surface area contributed by atoms with Crippen molar-refractivity contribution in [1.82, 2.24) is 15.1 Å². The van der Waals surface area contributed by atoms with Gasteiger partial charge in [0.25, 0.3) is 5.91 Å². The fourth-order valence-corrected chi connectivity index (χ4v) is 3.91. The second-order valence-corrected chi connectivity index (χ2v) is 7.16. The van der Waals surface area contributed by atoms with Crippen LogP contribution in [-0.2, 0) is 11.8 Å². The van der Waals surface area contributed by atoms with Gasteiger partial charge >= 0.3 is 6.61 Å². The second kappa shape index (κ2) is 8.33. The number of carbonyl (C=O) groups excluding carboxylic acids is 2. The number of hydrogen-bond acceptors (Lipinski definition) is 6. The summed E-state index contributed by atoms with van der Waals surface area (Å²) in [7, 11) is 3.01. The normalized spacial score (nSPS) is 17.6. The number of amides is 2. The molecule has 32 heavy (non-hydrogen) atoms. The van der Waals surface area contributed by atoms with Crippen LogP contribution in [0.15, 0.2) is 41.0 Å². The molecule has 0 saturated carbocycles. The Bertz CT molecular complexity index is 1160. The molecule has 9 nitrogen and oxygen atoms in total. The van der Waals surface area contributed by atoms with Crippen LogP contribution in [0.2, 0.25) is 0 Å². The summed E-state index contributed by atoms with van der Waals surface area (Å²) in [6.45, 7) is -1.25. The molecule has 1 aliphatic heterocycles. The van der Waals surface area contributed by atoms with Gasteiger partial charge < -0.3 is 24.5 Å². The number of nitrogens with zero attached hydrogens (tertiary/aromatic N) is 2. The zero-order valence-corrected chi connectivity index (χ0v) is 17.4. The number of rotatable bonds is 6. The van der Waals surface area contributed by atoms with Gasteiger partial charge in [0.2, 0.25) is 5.91 Å². The largest absolute Gasteiger partial charge is 0.493 e. The lowest BCUT2D eigenvalue weighted by molar-refractivity contribution is -0.118. The molecule has 3 aromatic rings. The minimum Gasteiger partial charge on any atom is -0.493 e. The average molecular weight is 446 g/mol. The third-order valence-electron chi connectivity index (χ3n) is 5.23. The number of nitrogens with one attached hydrogen (secondary N) is 2. The topological polar surface area (TPSA) is 108 Å². The predicted octanol–water partition coefficient (Wildman–Crippen LogP) is 2.81. The van der Waals surface area contributed by atoms with E-state index in [-0.39, 0.29) is 17.3 Å². The van der Waals surface area contributed by atoms with E-state index in [2.05, 4.69) is 20.5 Å². The van der Waals surface area contributed by atoms with Gasteiger partial charge in [-0.3, -0.25) is 14.3 Å². The summed E-state index contributed by atoms with van der Waals surface area (Å²) in [5.41, 5.74) is 1.86. The fraction of sp³-hybridized carbons (Fsp3) is 0.286. The van der Waals surface area contributed by atoms with Gasteiger partial charge in [-0.25, -0.2) is 0 Å². The number of carbonyl (C=O) groups is 2. The van der Waals surface area contributed by atoms with Crippen molar-refractivity contribution in [2.24, 2.45) is 7.05 Å². The summed E-state index contributed by atoms with van der Waals surface area (Å²) in [5.74, 6) is -1.27. The maximum atomic E-state index is 13.0. The number of benzene rings is 1. The van der Waals surface area contributed by atoms with Crippen molar-refractivity contribution in [2.75, 3.05) is 12.4 Å². The number of aryl methyl sites for hydroxylation is 2. The molecule has 11 heteroatoms. The zero-order chi connectivity index (χ0) is 23.0. The lowest BCUT2D eigenvalue weighted by atomic mass is 9.81. The zero-order valence-electron chi connectivity index (χ0n) is 17.4. The van der Waals surface area contributed by atoms with Crippen LogP contribution < -0.4 is 20.1 Å². The number of ether oxygens (including phenoxy) is 2. The highest BCUT2D eigenvalue weighted by molar-refractivity contribution is 6.03. The Balaban J connectivity index is 1.81. The summed E-state index contributed by atoms with van der Waals surface area (Å²) < 4.78 is 41.9. The van der Waals surface area contributed by atoms with E-state index >= 15 is 0 Å². The highest BCUT2D eigenvalue weighted by Gasteiger charge is 2.41. The second-order valence-electron chi connectivity index (χ2n) is 7.16. The Labute approximate surface area is 181 Å². The summed E-state index contributed by atoms with van der Waals surface area (Å²) >= 11 is 0. The molecule has 2 aromatic heterocycles. The number of methoxy groups -OCH3 is 1. The van der Waals surface area contributed by atoms with E-state index in [4.69, 9.17) is 9.15 Å². The SMILES string of the molecule is COc1cc(C2c3c(C)nn(C)c3NC(=O)C2NC(=O)c2ccco2)ccc1OC(F)F. The van der Waals surface area contributed by atoms with E-state index in [1.54, 1.807) is 26.1 Å². The minimum atomic E-state index is -3.03. The Kier molecular flexibility index (Phi) is 5.56. The third-order valence-corrected chi connectivity index (χ3v) is 5.23. The Morgan fingerprint density at radius 2 is 2.09 bits per heavy atom. The summed E-state index contributed by atoms with van der Waals surface area (Å²) in [5, 5.41) is 9.87. The number of halogens is 2. The Morgan fingerprint density at radius 3 is 2.75 bits per heavy atom. The Morgan fingerprint density at radius 1 is 1.31 bits per heavy atom. The van der Waals surface area contributed by atoms with Crippen molar-refractivity contribution >= 4 is 17.6 Å². The van der Waals surface area contributed by atoms with Gasteiger partial charge in [-0.2, -0.15) is 13.9 Å². The highest BCUT2D eigenvalue weighted by Crippen LogP contribution is 2.42. The van der Waals surface area contributed by atoms with Crippen molar-refractivity contribution in [2.45, 2.75) is 25.5 Å². The maximum Gasteiger partial charge on any atom is 0.387 e. The van der Waals surface area contributed by atoms with Crippen molar-refractivity contribution in [3.8, 4) is 11.5 Å². The van der Waals surface area contributed by atoms with E-state index < -0.39 is 30.4 Å². The van der Waals surface area contributed by atoms with E-state index in [9.17, 15) is 18.4 Å². The number of aromatic nitrogens is 2. The quantitative estimate of drug-likeness (QED) is 0.603. The van der Waals surface area contributed by atoms with Crippen LogP contribution in [0.3, 0.4) is 0 Å². The van der Waals surface area contributed by atoms with Crippen molar-refractivity contribution in [3.63, 3.8) is 0 Å². The number of alkyl halides is 2. The van der Waals surface area contributed by atoms with Crippen molar-refractivity contribution in [3.05, 3.63) is 59.2 Å². The number of anilines is 1. The first-order chi connectivity index (χ1) is 15.3. The predicted molar refractivity (Wildman–Crippen MR) is 108 cm³/mol. The van der Waals surface area contributed by atoms with Crippen LogP contribution in [0.4, 0.5) is 14.6 Å². The average Bonchev–Trinajstić information content (AvgIpc) is 3.37. The molecule has 2 unspecified atom stereocenters. The van der Waals surface area contributed by atoms with Gasteiger partial charge in [-0.05, 0) is 36.8 Å². The molecular weight excluding hydrogens is 426 g/mol. The van der Waals surface area contributed by atoms with Gasteiger partial charge in [0.05, 0.1) is 19.1 Å².